The Hall–Kier alpha value is -0.820. The highest BCUT2D eigenvalue weighted by molar-refractivity contribution is 4.93. The summed E-state index contributed by atoms with van der Waals surface area (Å²) in [7, 11) is 11.6. The number of nitrogens with two attached hydrogens (primary N) is 1. The lowest BCUT2D eigenvalue weighted by Gasteiger charge is -2.22. The van der Waals surface area contributed by atoms with Crippen molar-refractivity contribution in [1.82, 2.24) is 0 Å². The molecular weight excluding hydrogens is 606 g/mol. The topological polar surface area (TPSA) is 146 Å². The molecule has 3 rings (SSSR count). The van der Waals surface area contributed by atoms with E-state index in [4.69, 9.17) is 67.3 Å². The molecule has 3 aliphatic heterocycles. The maximum Gasteiger partial charge on any atom is 0.114 e. The van der Waals surface area contributed by atoms with Gasteiger partial charge >= 0.3 is 0 Å². The molecule has 3 aliphatic rings. The van der Waals surface area contributed by atoms with Gasteiger partial charge in [0.25, 0.3) is 0 Å². The van der Waals surface area contributed by atoms with Crippen LogP contribution in [0.5, 0.6) is 0 Å². The summed E-state index contributed by atoms with van der Waals surface area (Å²) in [4.78, 5) is 0. The van der Waals surface area contributed by atoms with E-state index in [9.17, 15) is 0 Å². The fraction of sp³-hybridized carbons (Fsp3) is 0.938. The summed E-state index contributed by atoms with van der Waals surface area (Å²) in [6, 6.07) is 0. The van der Waals surface area contributed by atoms with Gasteiger partial charge in [-0.05, 0) is 20.8 Å². The predicted octanol–water partition coefficient (Wildman–Crippen LogP) is 1.25. The first kappa shape index (κ1) is 43.2. The third kappa shape index (κ3) is 13.6. The van der Waals surface area contributed by atoms with Crippen molar-refractivity contribution in [3.8, 4) is 0 Å². The first-order valence-corrected chi connectivity index (χ1v) is 15.9. The van der Waals surface area contributed by atoms with E-state index < -0.39 is 0 Å². The van der Waals surface area contributed by atoms with Crippen LogP contribution in [0.2, 0.25) is 0 Å². The zero-order valence-electron chi connectivity index (χ0n) is 29.8. The molecular formula is C32H63NO13. The first-order chi connectivity index (χ1) is 22.2. The maximum atomic E-state index is 5.73. The Morgan fingerprint density at radius 3 is 1.20 bits per heavy atom. The second-order valence-corrected chi connectivity index (χ2v) is 11.1. The van der Waals surface area contributed by atoms with Gasteiger partial charge in [-0.3, -0.25) is 0 Å². The monoisotopic (exact) mass is 669 g/mol. The molecule has 0 bridgehead atoms. The predicted molar refractivity (Wildman–Crippen MR) is 171 cm³/mol. The van der Waals surface area contributed by atoms with E-state index in [1.807, 2.05) is 20.8 Å². The van der Waals surface area contributed by atoms with Gasteiger partial charge in [0.1, 0.15) is 54.9 Å². The van der Waals surface area contributed by atoms with Gasteiger partial charge in [0, 0.05) is 56.3 Å². The van der Waals surface area contributed by atoms with E-state index >= 15 is 0 Å². The van der Waals surface area contributed by atoms with Crippen molar-refractivity contribution in [2.75, 3.05) is 103 Å². The lowest BCUT2D eigenvalue weighted by Crippen LogP contribution is -2.38. The van der Waals surface area contributed by atoms with Crippen LogP contribution in [-0.4, -0.2) is 176 Å². The van der Waals surface area contributed by atoms with Gasteiger partial charge in [-0.15, -0.1) is 6.58 Å². The summed E-state index contributed by atoms with van der Waals surface area (Å²) < 4.78 is 70.5. The zero-order valence-corrected chi connectivity index (χ0v) is 29.8. The van der Waals surface area contributed by atoms with Gasteiger partial charge in [0.15, 0.2) is 0 Å². The van der Waals surface area contributed by atoms with E-state index in [1.54, 1.807) is 55.8 Å². The number of ether oxygens (including phenoxy) is 13. The number of methoxy groups -OCH3 is 7. The van der Waals surface area contributed by atoms with Crippen molar-refractivity contribution in [2.45, 2.75) is 94.0 Å². The van der Waals surface area contributed by atoms with Crippen LogP contribution in [0.15, 0.2) is 12.7 Å². The minimum absolute atomic E-state index is 0.0154. The van der Waals surface area contributed by atoms with Crippen LogP contribution in [0.4, 0.5) is 0 Å². The standard InChI is InChI=1S/C11H22O5.C11H20O4.C10H21NO4/c1-8-10(15-6-5-12-2)11(14-4)9(16-8)7-13-3;1-5-6-14-10-8(2)15-9(7-12-3)11(10)13-4;1-7-9(14-5-4-11)10(13-3)8(15-7)6-12-2/h8-11H,5-7H2,1-4H3;5,8-11H,1,6-7H2,2-4H3;7-10H,4-6,11H2,1-3H3/t2*8-,9+,10+,11?;7-,8+,9+,10?/m000/s1. The summed E-state index contributed by atoms with van der Waals surface area (Å²) in [5.41, 5.74) is 5.40. The SMILES string of the molecule is C=CCO[C@H]1C(OC)[C@@H](COC)O[C@H]1C.COCCO[C@H]1C(OC)[C@@H](COC)O[C@H]1C.COC[C@H]1O[C@@H](C)[C@@H](OCCN)C1OC. The molecule has 2 N–H and O–H groups in total. The molecule has 0 spiro atoms. The number of hydrogen-bond acceptors (Lipinski definition) is 14. The van der Waals surface area contributed by atoms with E-state index in [0.717, 1.165) is 0 Å². The van der Waals surface area contributed by atoms with Gasteiger partial charge in [-0.25, -0.2) is 0 Å². The van der Waals surface area contributed by atoms with Gasteiger partial charge in [0.05, 0.1) is 64.6 Å². The molecule has 3 heterocycles. The Morgan fingerprint density at radius 1 is 0.522 bits per heavy atom. The van der Waals surface area contributed by atoms with Crippen LogP contribution in [0.3, 0.4) is 0 Å². The van der Waals surface area contributed by atoms with Crippen LogP contribution < -0.4 is 5.73 Å². The summed E-state index contributed by atoms with van der Waals surface area (Å²) in [5, 5.41) is 0. The van der Waals surface area contributed by atoms with Gasteiger partial charge in [-0.1, -0.05) is 6.08 Å². The second-order valence-electron chi connectivity index (χ2n) is 11.1. The molecule has 46 heavy (non-hydrogen) atoms. The van der Waals surface area contributed by atoms with Crippen molar-refractivity contribution >= 4 is 0 Å². The molecule has 12 atom stereocenters. The van der Waals surface area contributed by atoms with Crippen LogP contribution >= 0.6 is 0 Å². The van der Waals surface area contributed by atoms with Gasteiger partial charge in [-0.2, -0.15) is 0 Å². The Bertz CT molecular complexity index is 753. The van der Waals surface area contributed by atoms with Crippen LogP contribution in [0, 0.1) is 0 Å². The lowest BCUT2D eigenvalue weighted by atomic mass is 10.1. The summed E-state index contributed by atoms with van der Waals surface area (Å²) >= 11 is 0. The fourth-order valence-electron chi connectivity index (χ4n) is 5.82. The lowest BCUT2D eigenvalue weighted by molar-refractivity contribution is -0.0644. The molecule has 274 valence electrons. The van der Waals surface area contributed by atoms with Crippen molar-refractivity contribution in [3.63, 3.8) is 0 Å². The first-order valence-electron chi connectivity index (χ1n) is 15.9. The van der Waals surface area contributed by atoms with E-state index in [-0.39, 0.29) is 73.2 Å². The van der Waals surface area contributed by atoms with E-state index in [0.29, 0.717) is 52.8 Å². The quantitative estimate of drug-likeness (QED) is 0.156. The average molecular weight is 670 g/mol. The van der Waals surface area contributed by atoms with E-state index in [2.05, 4.69) is 6.58 Å². The Morgan fingerprint density at radius 2 is 0.891 bits per heavy atom. The molecule has 3 fully saturated rings. The molecule has 0 radical (unpaired) electrons. The molecule has 0 amide bonds. The minimum Gasteiger partial charge on any atom is -0.382 e. The highest BCUT2D eigenvalue weighted by Gasteiger charge is 2.45. The Balaban J connectivity index is 0.000000345. The molecule has 0 aromatic rings. The van der Waals surface area contributed by atoms with Crippen LogP contribution in [-0.2, 0) is 61.6 Å². The largest absolute Gasteiger partial charge is 0.382 e. The molecule has 0 saturated carbocycles. The van der Waals surface area contributed by atoms with Crippen molar-refractivity contribution in [3.05, 3.63) is 12.7 Å². The maximum absolute atomic E-state index is 5.73. The fourth-order valence-corrected chi connectivity index (χ4v) is 5.82. The van der Waals surface area contributed by atoms with Crippen LogP contribution in [0.1, 0.15) is 20.8 Å². The number of rotatable bonds is 19. The molecule has 0 aromatic carbocycles. The molecule has 3 saturated heterocycles. The molecule has 0 aromatic heterocycles. The zero-order chi connectivity index (χ0) is 34.5. The highest BCUT2D eigenvalue weighted by Crippen LogP contribution is 2.28. The van der Waals surface area contributed by atoms with Crippen LogP contribution in [0.25, 0.3) is 0 Å². The van der Waals surface area contributed by atoms with Crippen molar-refractivity contribution in [2.24, 2.45) is 5.73 Å². The minimum atomic E-state index is -0.0773. The molecule has 3 unspecified atom stereocenters. The smallest absolute Gasteiger partial charge is 0.114 e. The van der Waals surface area contributed by atoms with Crippen molar-refractivity contribution in [1.29, 1.82) is 0 Å². The Kier molecular flexibility index (Phi) is 23.7. The average Bonchev–Trinajstić information content (AvgIpc) is 3.63. The summed E-state index contributed by atoms with van der Waals surface area (Å²) in [6.07, 6.45) is 1.23. The normalized spacial score (nSPS) is 35.4. The Labute approximate surface area is 276 Å². The van der Waals surface area contributed by atoms with E-state index in [1.165, 1.54) is 0 Å². The van der Waals surface area contributed by atoms with Gasteiger partial charge in [0.2, 0.25) is 0 Å². The van der Waals surface area contributed by atoms with Gasteiger partial charge < -0.3 is 67.3 Å². The molecule has 0 aliphatic carbocycles. The van der Waals surface area contributed by atoms with Crippen molar-refractivity contribution < 1.29 is 61.6 Å². The second kappa shape index (κ2) is 25.2. The number of hydrogen-bond donors (Lipinski definition) is 1. The molecule has 14 nitrogen and oxygen atoms in total. The third-order valence-electron chi connectivity index (χ3n) is 7.87. The summed E-state index contributed by atoms with van der Waals surface area (Å²) in [5.74, 6) is 0. The highest BCUT2D eigenvalue weighted by atomic mass is 16.6. The summed E-state index contributed by atoms with van der Waals surface area (Å²) in [6.45, 7) is 13.8. The third-order valence-corrected chi connectivity index (χ3v) is 7.87. The molecule has 14 heteroatoms.